The van der Waals surface area contributed by atoms with Crippen LogP contribution in [0.4, 0.5) is 0 Å². The van der Waals surface area contributed by atoms with Crippen LogP contribution in [0.1, 0.15) is 22.3 Å². The molecule has 0 saturated carbocycles. The van der Waals surface area contributed by atoms with Crippen molar-refractivity contribution in [2.75, 3.05) is 0 Å². The summed E-state index contributed by atoms with van der Waals surface area (Å²) in [6.45, 7) is 0. The van der Waals surface area contributed by atoms with Crippen molar-refractivity contribution < 1.29 is 0 Å². The molecule has 3 aromatic rings. The quantitative estimate of drug-likeness (QED) is 0.541. The Bertz CT molecular complexity index is 638. The molecule has 0 nitrogen and oxygen atoms in total. The largest absolute Gasteiger partial charge is 0.152 e. The molecule has 3 rings (SSSR count). The van der Waals surface area contributed by atoms with Gasteiger partial charge in [0.05, 0.1) is 0 Å². The van der Waals surface area contributed by atoms with Gasteiger partial charge in [-0.2, -0.15) is 22.7 Å². The van der Waals surface area contributed by atoms with Gasteiger partial charge in [-0.15, -0.1) is 0 Å². The second-order valence-corrected chi connectivity index (χ2v) is 5.97. The van der Waals surface area contributed by atoms with Gasteiger partial charge >= 0.3 is 0 Å². The summed E-state index contributed by atoms with van der Waals surface area (Å²) >= 11 is 3.45. The van der Waals surface area contributed by atoms with E-state index in [2.05, 4.69) is 82.2 Å². The Morgan fingerprint density at radius 3 is 1.50 bits per heavy atom. The van der Waals surface area contributed by atoms with E-state index in [0.29, 0.717) is 0 Å². The highest BCUT2D eigenvalue weighted by Crippen LogP contribution is 2.18. The zero-order valence-corrected chi connectivity index (χ0v) is 12.5. The van der Waals surface area contributed by atoms with Gasteiger partial charge in [-0.25, -0.2) is 0 Å². The topological polar surface area (TPSA) is 0 Å². The standard InChI is InChI=1S/C18H14S2/c1-2-4-18(8-6-16-10-12-20-14-16)17(3-1)7-5-15-9-11-19-13-15/h1-14H/b7-5+,8-6+. The number of benzene rings is 1. The van der Waals surface area contributed by atoms with Gasteiger partial charge in [-0.3, -0.25) is 0 Å². The van der Waals surface area contributed by atoms with Crippen LogP contribution in [-0.2, 0) is 0 Å². The lowest BCUT2D eigenvalue weighted by Gasteiger charge is -2.00. The van der Waals surface area contributed by atoms with Crippen LogP contribution in [0.5, 0.6) is 0 Å². The average Bonchev–Trinajstić information content (AvgIpc) is 3.17. The van der Waals surface area contributed by atoms with E-state index >= 15 is 0 Å². The highest BCUT2D eigenvalue weighted by molar-refractivity contribution is 7.08. The summed E-state index contributed by atoms with van der Waals surface area (Å²) in [6.07, 6.45) is 8.67. The summed E-state index contributed by atoms with van der Waals surface area (Å²) in [5, 5.41) is 8.50. The smallest absolute Gasteiger partial charge is 0.00208 e. The van der Waals surface area contributed by atoms with Gasteiger partial charge < -0.3 is 0 Å². The van der Waals surface area contributed by atoms with Gasteiger partial charge in [0.2, 0.25) is 0 Å². The van der Waals surface area contributed by atoms with Crippen molar-refractivity contribution in [3.63, 3.8) is 0 Å². The van der Waals surface area contributed by atoms with Gasteiger partial charge in [0.1, 0.15) is 0 Å². The SMILES string of the molecule is C(=C\c1ccccc1/C=C/c1ccsc1)/c1ccsc1. The third-order valence-electron chi connectivity index (χ3n) is 2.99. The van der Waals surface area contributed by atoms with Crippen molar-refractivity contribution in [1.82, 2.24) is 0 Å². The molecule has 0 spiro atoms. The third-order valence-corrected chi connectivity index (χ3v) is 4.40. The Morgan fingerprint density at radius 1 is 0.600 bits per heavy atom. The second kappa shape index (κ2) is 6.51. The fourth-order valence-corrected chi connectivity index (χ4v) is 3.18. The molecule has 0 unspecified atom stereocenters. The maximum Gasteiger partial charge on any atom is -0.00208 e. The van der Waals surface area contributed by atoms with E-state index in [1.807, 2.05) is 0 Å². The highest BCUT2D eigenvalue weighted by atomic mass is 32.1. The van der Waals surface area contributed by atoms with Crippen LogP contribution in [0.2, 0.25) is 0 Å². The van der Waals surface area contributed by atoms with Crippen molar-refractivity contribution in [1.29, 1.82) is 0 Å². The van der Waals surface area contributed by atoms with Gasteiger partial charge in [0.15, 0.2) is 0 Å². The zero-order valence-electron chi connectivity index (χ0n) is 10.9. The van der Waals surface area contributed by atoms with E-state index in [-0.39, 0.29) is 0 Å². The Kier molecular flexibility index (Phi) is 4.26. The molecule has 0 fully saturated rings. The van der Waals surface area contributed by atoms with Crippen LogP contribution in [0.25, 0.3) is 24.3 Å². The molecule has 0 aliphatic rings. The minimum Gasteiger partial charge on any atom is -0.152 e. The summed E-state index contributed by atoms with van der Waals surface area (Å²) in [7, 11) is 0. The lowest BCUT2D eigenvalue weighted by Crippen LogP contribution is -1.79. The van der Waals surface area contributed by atoms with Crippen LogP contribution in [0.3, 0.4) is 0 Å². The van der Waals surface area contributed by atoms with Crippen molar-refractivity contribution >= 4 is 47.0 Å². The van der Waals surface area contributed by atoms with Crippen molar-refractivity contribution in [3.8, 4) is 0 Å². The first-order valence-electron chi connectivity index (χ1n) is 6.41. The summed E-state index contributed by atoms with van der Waals surface area (Å²) in [6, 6.07) is 12.7. The first kappa shape index (κ1) is 13.1. The fourth-order valence-electron chi connectivity index (χ4n) is 1.93. The third kappa shape index (κ3) is 3.35. The molecule has 0 atom stereocenters. The molecular formula is C18H14S2. The van der Waals surface area contributed by atoms with Crippen molar-refractivity contribution in [3.05, 3.63) is 80.2 Å². The predicted octanol–water partition coefficient (Wildman–Crippen LogP) is 6.15. The van der Waals surface area contributed by atoms with E-state index in [4.69, 9.17) is 0 Å². The fraction of sp³-hybridized carbons (Fsp3) is 0. The molecule has 20 heavy (non-hydrogen) atoms. The van der Waals surface area contributed by atoms with E-state index in [1.165, 1.54) is 22.3 Å². The highest BCUT2D eigenvalue weighted by Gasteiger charge is 1.95. The number of hydrogen-bond donors (Lipinski definition) is 0. The Hall–Kier alpha value is -1.90. The number of thiophene rings is 2. The van der Waals surface area contributed by atoms with Crippen LogP contribution in [0.15, 0.2) is 57.9 Å². The first-order valence-corrected chi connectivity index (χ1v) is 8.30. The molecule has 98 valence electrons. The minimum absolute atomic E-state index is 1.24. The molecule has 0 N–H and O–H groups in total. The molecular weight excluding hydrogens is 280 g/mol. The van der Waals surface area contributed by atoms with Crippen LogP contribution < -0.4 is 0 Å². The summed E-state index contributed by atoms with van der Waals surface area (Å²) in [5.74, 6) is 0. The molecule has 0 amide bonds. The van der Waals surface area contributed by atoms with Crippen molar-refractivity contribution in [2.45, 2.75) is 0 Å². The first-order chi connectivity index (χ1) is 9.92. The molecule has 1 aromatic carbocycles. The zero-order chi connectivity index (χ0) is 13.6. The maximum absolute atomic E-state index is 2.18. The van der Waals surface area contributed by atoms with Crippen LogP contribution in [-0.4, -0.2) is 0 Å². The monoisotopic (exact) mass is 294 g/mol. The van der Waals surface area contributed by atoms with Gasteiger partial charge in [0, 0.05) is 0 Å². The molecule has 2 heterocycles. The van der Waals surface area contributed by atoms with Gasteiger partial charge in [0.25, 0.3) is 0 Å². The Balaban J connectivity index is 1.85. The van der Waals surface area contributed by atoms with Gasteiger partial charge in [-0.05, 0) is 55.9 Å². The van der Waals surface area contributed by atoms with Gasteiger partial charge in [-0.1, -0.05) is 48.6 Å². The van der Waals surface area contributed by atoms with E-state index in [9.17, 15) is 0 Å². The average molecular weight is 294 g/mol. The van der Waals surface area contributed by atoms with E-state index < -0.39 is 0 Å². The normalized spacial score (nSPS) is 11.6. The summed E-state index contributed by atoms with van der Waals surface area (Å²) in [5.41, 5.74) is 4.99. The molecule has 0 bridgehead atoms. The van der Waals surface area contributed by atoms with Crippen molar-refractivity contribution in [2.24, 2.45) is 0 Å². The molecule has 0 radical (unpaired) electrons. The molecule has 0 aliphatic heterocycles. The lowest BCUT2D eigenvalue weighted by atomic mass is 10.1. The van der Waals surface area contributed by atoms with Crippen LogP contribution in [0, 0.1) is 0 Å². The Morgan fingerprint density at radius 2 is 1.10 bits per heavy atom. The number of rotatable bonds is 4. The van der Waals surface area contributed by atoms with Crippen LogP contribution >= 0.6 is 22.7 Å². The maximum atomic E-state index is 2.18. The second-order valence-electron chi connectivity index (χ2n) is 4.41. The minimum atomic E-state index is 1.24. The van der Waals surface area contributed by atoms with E-state index in [0.717, 1.165) is 0 Å². The molecule has 0 saturated heterocycles. The molecule has 0 aliphatic carbocycles. The van der Waals surface area contributed by atoms with E-state index in [1.54, 1.807) is 22.7 Å². The molecule has 2 aromatic heterocycles. The summed E-state index contributed by atoms with van der Waals surface area (Å²) < 4.78 is 0. The number of hydrogen-bond acceptors (Lipinski definition) is 2. The summed E-state index contributed by atoms with van der Waals surface area (Å²) in [4.78, 5) is 0. The lowest BCUT2D eigenvalue weighted by molar-refractivity contribution is 1.62. The Labute approximate surface area is 127 Å². The molecule has 2 heteroatoms. The predicted molar refractivity (Wildman–Crippen MR) is 92.9 cm³/mol.